The van der Waals surface area contributed by atoms with Crippen LogP contribution in [0, 0.1) is 0 Å². The van der Waals surface area contributed by atoms with Crippen molar-refractivity contribution in [1.82, 2.24) is 0 Å². The second-order valence-corrected chi connectivity index (χ2v) is 8.28. The summed E-state index contributed by atoms with van der Waals surface area (Å²) >= 11 is 7.41. The molecule has 0 fully saturated rings. The molecule has 2 unspecified atom stereocenters. The van der Waals surface area contributed by atoms with E-state index in [1.807, 2.05) is 31.2 Å². The molecule has 0 heterocycles. The first-order chi connectivity index (χ1) is 8.29. The second kappa shape index (κ2) is 6.80. The zero-order chi connectivity index (χ0) is 13.8. The maximum Gasteiger partial charge on any atom is 0.148 e. The summed E-state index contributed by atoms with van der Waals surface area (Å²) in [4.78, 5) is 0. The molecule has 1 aromatic rings. The van der Waals surface area contributed by atoms with Crippen molar-refractivity contribution >= 4 is 33.2 Å². The smallest absolute Gasteiger partial charge is 0.148 e. The van der Waals surface area contributed by atoms with Gasteiger partial charge in [0.2, 0.25) is 0 Å². The molecular weight excluding hydrogens is 290 g/mol. The highest BCUT2D eigenvalue weighted by molar-refractivity contribution is 8.00. The summed E-state index contributed by atoms with van der Waals surface area (Å²) in [6.07, 6.45) is 1.25. The number of thioether (sulfide) groups is 1. The molecule has 0 aliphatic carbocycles. The summed E-state index contributed by atoms with van der Waals surface area (Å²) in [5, 5.41) is 0.771. The Labute approximate surface area is 118 Å². The Morgan fingerprint density at radius 1 is 1.33 bits per heavy atom. The molecule has 0 amide bonds. The minimum absolute atomic E-state index is 0.0456. The Kier molecular flexibility index (Phi) is 5.98. The molecule has 1 rings (SSSR count). The van der Waals surface area contributed by atoms with E-state index in [4.69, 9.17) is 17.3 Å². The number of sulfone groups is 1. The van der Waals surface area contributed by atoms with Gasteiger partial charge in [-0.3, -0.25) is 0 Å². The molecule has 0 saturated heterocycles. The zero-order valence-electron chi connectivity index (χ0n) is 10.5. The third kappa shape index (κ3) is 5.61. The van der Waals surface area contributed by atoms with Gasteiger partial charge in [-0.25, -0.2) is 8.42 Å². The van der Waals surface area contributed by atoms with Crippen molar-refractivity contribution in [2.45, 2.75) is 18.2 Å². The molecular formula is C12H18ClNO2S2. The van der Waals surface area contributed by atoms with Gasteiger partial charge in [0.25, 0.3) is 0 Å². The Morgan fingerprint density at radius 3 is 2.33 bits per heavy atom. The van der Waals surface area contributed by atoms with Crippen LogP contribution in [0.3, 0.4) is 0 Å². The highest BCUT2D eigenvalue weighted by Gasteiger charge is 2.17. The molecule has 0 bridgehead atoms. The average Bonchev–Trinajstić information content (AvgIpc) is 2.24. The predicted octanol–water partition coefficient (Wildman–Crippen LogP) is 2.51. The first kappa shape index (κ1) is 15.8. The van der Waals surface area contributed by atoms with E-state index < -0.39 is 9.84 Å². The summed E-state index contributed by atoms with van der Waals surface area (Å²) < 4.78 is 22.2. The van der Waals surface area contributed by atoms with E-state index in [9.17, 15) is 8.42 Å². The molecule has 2 atom stereocenters. The lowest BCUT2D eigenvalue weighted by Gasteiger charge is -2.20. The summed E-state index contributed by atoms with van der Waals surface area (Å²) in [5.74, 6) is 0.724. The topological polar surface area (TPSA) is 60.2 Å². The molecule has 0 aliphatic heterocycles. The van der Waals surface area contributed by atoms with Crippen LogP contribution in [-0.2, 0) is 9.84 Å². The van der Waals surface area contributed by atoms with Crippen molar-refractivity contribution in [1.29, 1.82) is 0 Å². The minimum Gasteiger partial charge on any atom is -0.327 e. The summed E-state index contributed by atoms with van der Waals surface area (Å²) in [5.41, 5.74) is 7.03. The maximum absolute atomic E-state index is 11.1. The first-order valence-electron chi connectivity index (χ1n) is 5.60. The van der Waals surface area contributed by atoms with Crippen molar-refractivity contribution in [3.8, 4) is 0 Å². The van der Waals surface area contributed by atoms with Gasteiger partial charge in [0.05, 0.1) is 5.75 Å². The predicted molar refractivity (Wildman–Crippen MR) is 80.0 cm³/mol. The lowest BCUT2D eigenvalue weighted by molar-refractivity contribution is 0.603. The van der Waals surface area contributed by atoms with Crippen LogP contribution >= 0.6 is 23.4 Å². The molecule has 0 aliphatic rings. The van der Waals surface area contributed by atoms with Gasteiger partial charge in [-0.2, -0.15) is 11.8 Å². The van der Waals surface area contributed by atoms with Gasteiger partial charge >= 0.3 is 0 Å². The lowest BCUT2D eigenvalue weighted by Crippen LogP contribution is -2.23. The average molecular weight is 308 g/mol. The van der Waals surface area contributed by atoms with E-state index in [1.54, 1.807) is 11.8 Å². The van der Waals surface area contributed by atoms with Gasteiger partial charge in [-0.1, -0.05) is 23.7 Å². The lowest BCUT2D eigenvalue weighted by atomic mass is 10.1. The molecule has 2 N–H and O–H groups in total. The molecule has 3 nitrogen and oxygen atoms in total. The van der Waals surface area contributed by atoms with Crippen LogP contribution in [0.2, 0.25) is 5.02 Å². The van der Waals surface area contributed by atoms with Crippen molar-refractivity contribution in [2.75, 3.05) is 17.8 Å². The molecule has 0 saturated carbocycles. The number of benzene rings is 1. The van der Waals surface area contributed by atoms with Crippen molar-refractivity contribution in [2.24, 2.45) is 5.73 Å². The molecule has 0 spiro atoms. The van der Waals surface area contributed by atoms with Gasteiger partial charge in [0, 0.05) is 28.3 Å². The Hall–Kier alpha value is -0.230. The van der Waals surface area contributed by atoms with Gasteiger partial charge in [-0.15, -0.1) is 0 Å². The second-order valence-electron chi connectivity index (χ2n) is 4.33. The van der Waals surface area contributed by atoms with E-state index in [0.717, 1.165) is 5.56 Å². The summed E-state index contributed by atoms with van der Waals surface area (Å²) in [7, 11) is -2.92. The molecule has 102 valence electrons. The Balaban J connectivity index is 2.69. The molecule has 6 heteroatoms. The van der Waals surface area contributed by atoms with Crippen LogP contribution in [0.1, 0.15) is 17.7 Å². The largest absolute Gasteiger partial charge is 0.327 e. The number of hydrogen-bond acceptors (Lipinski definition) is 4. The van der Waals surface area contributed by atoms with Crippen molar-refractivity contribution < 1.29 is 8.42 Å². The summed E-state index contributed by atoms with van der Waals surface area (Å²) in [6.45, 7) is 1.92. The molecule has 1 aromatic carbocycles. The quantitative estimate of drug-likeness (QED) is 0.877. The number of nitrogens with two attached hydrogens (primary N) is 1. The fourth-order valence-corrected chi connectivity index (χ4v) is 4.16. The third-order valence-electron chi connectivity index (χ3n) is 2.43. The Bertz CT molecular complexity index is 471. The highest BCUT2D eigenvalue weighted by atomic mass is 35.5. The van der Waals surface area contributed by atoms with E-state index in [-0.39, 0.29) is 17.0 Å². The van der Waals surface area contributed by atoms with E-state index in [0.29, 0.717) is 10.8 Å². The standard InChI is InChI=1S/C12H18ClNO2S2/c1-9(14)12(17-7-8-18(2,15)16)10-3-5-11(13)6-4-10/h3-6,9,12H,7-8,14H2,1-2H3. The van der Waals surface area contributed by atoms with Crippen LogP contribution in [0.4, 0.5) is 0 Å². The fourth-order valence-electron chi connectivity index (χ4n) is 1.53. The van der Waals surface area contributed by atoms with Crippen LogP contribution in [0.25, 0.3) is 0 Å². The van der Waals surface area contributed by atoms with Crippen LogP contribution in [0.15, 0.2) is 24.3 Å². The monoisotopic (exact) mass is 307 g/mol. The zero-order valence-corrected chi connectivity index (χ0v) is 12.9. The first-order valence-corrected chi connectivity index (χ1v) is 9.08. The summed E-state index contributed by atoms with van der Waals surface area (Å²) in [6, 6.07) is 7.47. The fraction of sp³-hybridized carbons (Fsp3) is 0.500. The van der Waals surface area contributed by atoms with Crippen LogP contribution in [-0.4, -0.2) is 32.2 Å². The van der Waals surface area contributed by atoms with Crippen molar-refractivity contribution in [3.05, 3.63) is 34.9 Å². The Morgan fingerprint density at radius 2 is 1.89 bits per heavy atom. The van der Waals surface area contributed by atoms with Gasteiger partial charge in [0.1, 0.15) is 9.84 Å². The molecule has 18 heavy (non-hydrogen) atoms. The normalized spacial score (nSPS) is 15.3. The van der Waals surface area contributed by atoms with Gasteiger partial charge in [-0.05, 0) is 24.6 Å². The van der Waals surface area contributed by atoms with Gasteiger partial charge < -0.3 is 5.73 Å². The minimum atomic E-state index is -2.92. The van der Waals surface area contributed by atoms with E-state index >= 15 is 0 Å². The van der Waals surface area contributed by atoms with Gasteiger partial charge in [0.15, 0.2) is 0 Å². The van der Waals surface area contributed by atoms with E-state index in [1.165, 1.54) is 6.26 Å². The maximum atomic E-state index is 11.1. The van der Waals surface area contributed by atoms with E-state index in [2.05, 4.69) is 0 Å². The SMILES string of the molecule is CC(N)C(SCCS(C)(=O)=O)c1ccc(Cl)cc1. The number of rotatable bonds is 6. The number of halogens is 1. The molecule has 0 aromatic heterocycles. The van der Waals surface area contributed by atoms with Crippen LogP contribution < -0.4 is 5.73 Å². The highest BCUT2D eigenvalue weighted by Crippen LogP contribution is 2.31. The third-order valence-corrected chi connectivity index (χ3v) is 5.38. The van der Waals surface area contributed by atoms with Crippen molar-refractivity contribution in [3.63, 3.8) is 0 Å². The molecule has 0 radical (unpaired) electrons. The number of hydrogen-bond donors (Lipinski definition) is 1. The van der Waals surface area contributed by atoms with Crippen LogP contribution in [0.5, 0.6) is 0 Å².